The number of ether oxygens (including phenoxy) is 1. The first-order valence-electron chi connectivity index (χ1n) is 9.31. The van der Waals surface area contributed by atoms with Crippen LogP contribution in [0.4, 0.5) is 10.5 Å². The van der Waals surface area contributed by atoms with Gasteiger partial charge in [0.1, 0.15) is 12.1 Å². The number of nitrogens with zero attached hydrogens (tertiary/aromatic N) is 1. The third kappa shape index (κ3) is 4.68. The molecule has 1 fully saturated rings. The number of carbonyl (C=O) groups is 4. The van der Waals surface area contributed by atoms with Gasteiger partial charge in [0.15, 0.2) is 6.10 Å². The molecule has 152 valence electrons. The van der Waals surface area contributed by atoms with Crippen molar-refractivity contribution in [2.24, 2.45) is 0 Å². The van der Waals surface area contributed by atoms with E-state index in [9.17, 15) is 19.2 Å². The van der Waals surface area contributed by atoms with Gasteiger partial charge in [-0.05, 0) is 43.9 Å². The summed E-state index contributed by atoms with van der Waals surface area (Å²) >= 11 is 0. The number of hydrogen-bond donors (Lipinski definition) is 2. The summed E-state index contributed by atoms with van der Waals surface area (Å²) in [6.07, 6.45) is -0.673. The summed E-state index contributed by atoms with van der Waals surface area (Å²) < 4.78 is 5.08. The molecule has 8 nitrogen and oxygen atoms in total. The maximum Gasteiger partial charge on any atom is 0.327 e. The van der Waals surface area contributed by atoms with Crippen molar-refractivity contribution in [1.82, 2.24) is 10.2 Å². The van der Waals surface area contributed by atoms with Crippen LogP contribution >= 0.6 is 0 Å². The van der Waals surface area contributed by atoms with Crippen LogP contribution in [0.2, 0.25) is 0 Å². The van der Waals surface area contributed by atoms with E-state index in [1.807, 2.05) is 12.1 Å². The zero-order valence-corrected chi connectivity index (χ0v) is 16.9. The van der Waals surface area contributed by atoms with Crippen LogP contribution in [0, 0.1) is 0 Å². The topological polar surface area (TPSA) is 105 Å². The van der Waals surface area contributed by atoms with E-state index in [-0.39, 0.29) is 0 Å². The number of imide groups is 1. The smallest absolute Gasteiger partial charge is 0.327 e. The van der Waals surface area contributed by atoms with Gasteiger partial charge in [-0.1, -0.05) is 32.9 Å². The number of nitrogens with one attached hydrogen (secondary N) is 2. The predicted octanol–water partition coefficient (Wildman–Crippen LogP) is 2.40. The first kappa shape index (κ1) is 21.4. The normalized spacial score (nSPS) is 20.1. The second kappa shape index (κ2) is 8.41. The van der Waals surface area contributed by atoms with Gasteiger partial charge in [0.05, 0.1) is 0 Å². The Morgan fingerprint density at radius 1 is 1.18 bits per heavy atom. The first-order chi connectivity index (χ1) is 13.1. The molecule has 1 heterocycles. The summed E-state index contributed by atoms with van der Waals surface area (Å²) in [6.45, 7) is 8.39. The lowest BCUT2D eigenvalue weighted by molar-refractivity contribution is -0.155. The third-order valence-corrected chi connectivity index (χ3v) is 4.86. The minimum Gasteiger partial charge on any atom is -0.451 e. The van der Waals surface area contributed by atoms with Crippen LogP contribution in [0.3, 0.4) is 0 Å². The SMILES string of the molecule is CC[C@@]1(C)NC(=O)N(CC(=O)O[C@H](C)C(=O)Nc2ccc(C(C)C)cc2)C1=O. The number of rotatable bonds is 7. The van der Waals surface area contributed by atoms with Gasteiger partial charge in [-0.3, -0.25) is 19.3 Å². The maximum atomic E-state index is 12.3. The highest BCUT2D eigenvalue weighted by Crippen LogP contribution is 2.21. The minimum atomic E-state index is -1.07. The molecule has 1 aliphatic rings. The summed E-state index contributed by atoms with van der Waals surface area (Å²) in [7, 11) is 0. The molecule has 28 heavy (non-hydrogen) atoms. The first-order valence-corrected chi connectivity index (χ1v) is 9.31. The number of esters is 1. The molecule has 2 rings (SSSR count). The van der Waals surface area contributed by atoms with Crippen LogP contribution in [0.1, 0.15) is 52.5 Å². The molecule has 1 aliphatic heterocycles. The molecule has 0 aromatic heterocycles. The fourth-order valence-electron chi connectivity index (χ4n) is 2.74. The van der Waals surface area contributed by atoms with Crippen molar-refractivity contribution in [2.45, 2.75) is 58.6 Å². The predicted molar refractivity (Wildman–Crippen MR) is 104 cm³/mol. The quantitative estimate of drug-likeness (QED) is 0.550. The average Bonchev–Trinajstić information content (AvgIpc) is 2.85. The van der Waals surface area contributed by atoms with E-state index in [4.69, 9.17) is 4.74 Å². The van der Waals surface area contributed by atoms with E-state index in [0.29, 0.717) is 18.0 Å². The molecule has 1 aromatic carbocycles. The van der Waals surface area contributed by atoms with Gasteiger partial charge in [-0.15, -0.1) is 0 Å². The Morgan fingerprint density at radius 3 is 2.29 bits per heavy atom. The molecule has 4 amide bonds. The third-order valence-electron chi connectivity index (χ3n) is 4.86. The van der Waals surface area contributed by atoms with Crippen molar-refractivity contribution in [2.75, 3.05) is 11.9 Å². The lowest BCUT2D eigenvalue weighted by atomic mass is 9.99. The zero-order chi connectivity index (χ0) is 21.1. The summed E-state index contributed by atoms with van der Waals surface area (Å²) in [5, 5.41) is 5.23. The lowest BCUT2D eigenvalue weighted by Crippen LogP contribution is -2.44. The van der Waals surface area contributed by atoms with Gasteiger partial charge >= 0.3 is 12.0 Å². The van der Waals surface area contributed by atoms with Crippen molar-refractivity contribution < 1.29 is 23.9 Å². The van der Waals surface area contributed by atoms with Gasteiger partial charge in [-0.25, -0.2) is 4.79 Å². The molecule has 1 saturated heterocycles. The number of benzene rings is 1. The highest BCUT2D eigenvalue weighted by atomic mass is 16.5. The van der Waals surface area contributed by atoms with Gasteiger partial charge in [0.25, 0.3) is 11.8 Å². The van der Waals surface area contributed by atoms with Crippen LogP contribution in [0.25, 0.3) is 0 Å². The van der Waals surface area contributed by atoms with Crippen LogP contribution in [0.5, 0.6) is 0 Å². The molecular formula is C20H27N3O5. The van der Waals surface area contributed by atoms with Crippen molar-refractivity contribution in [1.29, 1.82) is 0 Å². The van der Waals surface area contributed by atoms with Gasteiger partial charge in [0.2, 0.25) is 0 Å². The van der Waals surface area contributed by atoms with Gasteiger partial charge in [-0.2, -0.15) is 0 Å². The van der Waals surface area contributed by atoms with Crippen molar-refractivity contribution in [3.05, 3.63) is 29.8 Å². The van der Waals surface area contributed by atoms with Gasteiger partial charge in [0, 0.05) is 5.69 Å². The Hall–Kier alpha value is -2.90. The Bertz CT molecular complexity index is 775. The fourth-order valence-corrected chi connectivity index (χ4v) is 2.74. The Balaban J connectivity index is 1.90. The summed E-state index contributed by atoms with van der Waals surface area (Å²) in [5.41, 5.74) is 0.706. The van der Waals surface area contributed by atoms with Crippen molar-refractivity contribution in [3.8, 4) is 0 Å². The molecule has 0 radical (unpaired) electrons. The van der Waals surface area contributed by atoms with Crippen molar-refractivity contribution >= 4 is 29.5 Å². The molecular weight excluding hydrogens is 362 g/mol. The number of anilines is 1. The monoisotopic (exact) mass is 389 g/mol. The van der Waals surface area contributed by atoms with Crippen LogP contribution < -0.4 is 10.6 Å². The van der Waals surface area contributed by atoms with E-state index in [2.05, 4.69) is 24.5 Å². The Labute approximate surface area is 164 Å². The molecule has 8 heteroatoms. The molecule has 0 saturated carbocycles. The zero-order valence-electron chi connectivity index (χ0n) is 16.9. The number of urea groups is 1. The fraction of sp³-hybridized carbons (Fsp3) is 0.500. The molecule has 2 atom stereocenters. The van der Waals surface area contributed by atoms with E-state index in [0.717, 1.165) is 10.5 Å². The van der Waals surface area contributed by atoms with Gasteiger partial charge < -0.3 is 15.4 Å². The highest BCUT2D eigenvalue weighted by Gasteiger charge is 2.47. The van der Waals surface area contributed by atoms with E-state index < -0.39 is 42.0 Å². The van der Waals surface area contributed by atoms with E-state index in [1.165, 1.54) is 6.92 Å². The summed E-state index contributed by atoms with van der Waals surface area (Å²) in [5.74, 6) is -1.44. The van der Waals surface area contributed by atoms with Crippen LogP contribution in [-0.2, 0) is 19.1 Å². The second-order valence-corrected chi connectivity index (χ2v) is 7.41. The summed E-state index contributed by atoms with van der Waals surface area (Å²) in [6, 6.07) is 6.74. The molecule has 0 spiro atoms. The average molecular weight is 389 g/mol. The Morgan fingerprint density at radius 2 is 1.79 bits per heavy atom. The Kier molecular flexibility index (Phi) is 6.43. The van der Waals surface area contributed by atoms with E-state index >= 15 is 0 Å². The summed E-state index contributed by atoms with van der Waals surface area (Å²) in [4.78, 5) is 49.4. The van der Waals surface area contributed by atoms with Crippen LogP contribution in [-0.4, -0.2) is 46.9 Å². The second-order valence-electron chi connectivity index (χ2n) is 7.41. The van der Waals surface area contributed by atoms with Crippen LogP contribution in [0.15, 0.2) is 24.3 Å². The van der Waals surface area contributed by atoms with Crippen molar-refractivity contribution in [3.63, 3.8) is 0 Å². The maximum absolute atomic E-state index is 12.3. The highest BCUT2D eigenvalue weighted by molar-refractivity contribution is 6.08. The minimum absolute atomic E-state index is 0.379. The lowest BCUT2D eigenvalue weighted by Gasteiger charge is -2.19. The molecule has 2 N–H and O–H groups in total. The molecule has 0 aliphatic carbocycles. The number of hydrogen-bond acceptors (Lipinski definition) is 5. The molecule has 0 bridgehead atoms. The van der Waals surface area contributed by atoms with E-state index in [1.54, 1.807) is 26.0 Å². The number of carbonyl (C=O) groups excluding carboxylic acids is 4. The molecule has 0 unspecified atom stereocenters. The molecule has 1 aromatic rings. The number of amides is 4. The largest absolute Gasteiger partial charge is 0.451 e. The standard InChI is InChI=1S/C20H27N3O5/c1-6-20(5)18(26)23(19(27)22-20)11-16(24)28-13(4)17(25)21-15-9-7-14(8-10-15)12(2)3/h7-10,12-13H,6,11H2,1-5H3,(H,21,25)(H,22,27)/t13-,20-/m1/s1.